The molecule has 0 unspecified atom stereocenters. The zero-order valence-corrected chi connectivity index (χ0v) is 9.78. The van der Waals surface area contributed by atoms with Crippen LogP contribution in [0.3, 0.4) is 0 Å². The number of carbonyl (C=O) groups is 1. The molecule has 0 bridgehead atoms. The van der Waals surface area contributed by atoms with E-state index in [0.717, 1.165) is 18.5 Å². The second kappa shape index (κ2) is 5.26. The monoisotopic (exact) mass is 269 g/mol. The van der Waals surface area contributed by atoms with E-state index in [9.17, 15) is 18.0 Å². The molecule has 3 nitrogen and oxygen atoms in total. The summed E-state index contributed by atoms with van der Waals surface area (Å²) in [4.78, 5) is 15.4. The molecule has 2 heterocycles. The second-order valence-electron chi connectivity index (χ2n) is 3.92. The fourth-order valence-corrected chi connectivity index (χ4v) is 1.69. The minimum atomic E-state index is -4.56. The van der Waals surface area contributed by atoms with Gasteiger partial charge in [-0.05, 0) is 18.2 Å². The summed E-state index contributed by atoms with van der Waals surface area (Å²) in [7, 11) is 0. The van der Waals surface area contributed by atoms with Crippen molar-refractivity contribution in [2.24, 2.45) is 0 Å². The Morgan fingerprint density at radius 2 is 2.11 bits per heavy atom. The molecule has 0 aromatic carbocycles. The average molecular weight is 269 g/mol. The van der Waals surface area contributed by atoms with E-state index < -0.39 is 23.1 Å². The van der Waals surface area contributed by atoms with Gasteiger partial charge in [0.15, 0.2) is 5.78 Å². The van der Waals surface area contributed by atoms with Crippen molar-refractivity contribution in [3.63, 3.8) is 0 Å². The Kier molecular flexibility index (Phi) is 3.69. The summed E-state index contributed by atoms with van der Waals surface area (Å²) in [6.07, 6.45) is -0.927. The number of ketones is 1. The summed E-state index contributed by atoms with van der Waals surface area (Å²) in [5.41, 5.74) is -1.35. The maximum Gasteiger partial charge on any atom is 0.417 e. The third kappa shape index (κ3) is 3.21. The van der Waals surface area contributed by atoms with Gasteiger partial charge in [-0.1, -0.05) is 0 Å². The second-order valence-corrected chi connectivity index (χ2v) is 3.92. The maximum absolute atomic E-state index is 12.7. The molecule has 0 aliphatic rings. The van der Waals surface area contributed by atoms with Crippen molar-refractivity contribution in [1.29, 1.82) is 0 Å². The average Bonchev–Trinajstić information content (AvgIpc) is 2.88. The zero-order chi connectivity index (χ0) is 13.9. The number of hydrogen-bond donors (Lipinski definition) is 0. The third-order valence-electron chi connectivity index (χ3n) is 2.61. The van der Waals surface area contributed by atoms with Crippen LogP contribution in [0.2, 0.25) is 0 Å². The topological polar surface area (TPSA) is 43.1 Å². The molecule has 0 N–H and O–H groups in total. The van der Waals surface area contributed by atoms with Gasteiger partial charge in [-0.15, -0.1) is 0 Å². The smallest absolute Gasteiger partial charge is 0.417 e. The van der Waals surface area contributed by atoms with E-state index in [4.69, 9.17) is 4.42 Å². The summed E-state index contributed by atoms with van der Waals surface area (Å²) in [6.45, 7) is 0. The van der Waals surface area contributed by atoms with E-state index in [2.05, 4.69) is 4.98 Å². The van der Waals surface area contributed by atoms with Gasteiger partial charge in [-0.3, -0.25) is 9.78 Å². The number of Topliss-reactive ketones (excluding diaryl/α,β-unsaturated/α-hetero) is 1. The SMILES string of the molecule is O=C(CCc1ccco1)c1cnccc1C(F)(F)F. The summed E-state index contributed by atoms with van der Waals surface area (Å²) >= 11 is 0. The molecular formula is C13H10F3NO2. The molecule has 0 amide bonds. The van der Waals surface area contributed by atoms with Crippen molar-refractivity contribution in [3.8, 4) is 0 Å². The van der Waals surface area contributed by atoms with Gasteiger partial charge in [0, 0.05) is 30.8 Å². The van der Waals surface area contributed by atoms with Gasteiger partial charge in [0.1, 0.15) is 5.76 Å². The first-order chi connectivity index (χ1) is 8.98. The molecular weight excluding hydrogens is 259 g/mol. The van der Waals surface area contributed by atoms with Crippen molar-refractivity contribution in [2.45, 2.75) is 19.0 Å². The van der Waals surface area contributed by atoms with Crippen molar-refractivity contribution in [3.05, 3.63) is 53.7 Å². The largest absolute Gasteiger partial charge is 0.469 e. The first-order valence-corrected chi connectivity index (χ1v) is 5.55. The first kappa shape index (κ1) is 13.3. The number of carbonyl (C=O) groups excluding carboxylic acids is 1. The summed E-state index contributed by atoms with van der Waals surface area (Å²) in [6, 6.07) is 4.13. The Balaban J connectivity index is 2.15. The van der Waals surface area contributed by atoms with Crippen LogP contribution in [0.15, 0.2) is 41.3 Å². The van der Waals surface area contributed by atoms with E-state index in [1.807, 2.05) is 0 Å². The van der Waals surface area contributed by atoms with Crippen LogP contribution in [0.25, 0.3) is 0 Å². The lowest BCUT2D eigenvalue weighted by molar-refractivity contribution is -0.138. The van der Waals surface area contributed by atoms with Crippen molar-refractivity contribution >= 4 is 5.78 Å². The highest BCUT2D eigenvalue weighted by atomic mass is 19.4. The molecule has 0 spiro atoms. The minimum Gasteiger partial charge on any atom is -0.469 e. The quantitative estimate of drug-likeness (QED) is 0.798. The van der Waals surface area contributed by atoms with Crippen LogP contribution < -0.4 is 0 Å². The fourth-order valence-electron chi connectivity index (χ4n) is 1.69. The zero-order valence-electron chi connectivity index (χ0n) is 9.78. The number of aromatic nitrogens is 1. The van der Waals surface area contributed by atoms with Crippen molar-refractivity contribution in [2.75, 3.05) is 0 Å². The fraction of sp³-hybridized carbons (Fsp3) is 0.231. The van der Waals surface area contributed by atoms with E-state index in [0.29, 0.717) is 5.76 Å². The van der Waals surface area contributed by atoms with Gasteiger partial charge in [0.2, 0.25) is 0 Å². The molecule has 6 heteroatoms. The van der Waals surface area contributed by atoms with E-state index >= 15 is 0 Å². The van der Waals surface area contributed by atoms with E-state index in [1.165, 1.54) is 6.26 Å². The molecule has 0 saturated carbocycles. The Labute approximate surface area is 107 Å². The van der Waals surface area contributed by atoms with Crippen LogP contribution in [0.4, 0.5) is 13.2 Å². The number of hydrogen-bond acceptors (Lipinski definition) is 3. The molecule has 100 valence electrons. The highest BCUT2D eigenvalue weighted by Gasteiger charge is 2.34. The van der Waals surface area contributed by atoms with Crippen LogP contribution in [0.5, 0.6) is 0 Å². The maximum atomic E-state index is 12.7. The van der Waals surface area contributed by atoms with Crippen molar-refractivity contribution < 1.29 is 22.4 Å². The number of furan rings is 1. The lowest BCUT2D eigenvalue weighted by atomic mass is 10.0. The van der Waals surface area contributed by atoms with Crippen LogP contribution in [-0.2, 0) is 12.6 Å². The molecule has 2 aromatic heterocycles. The number of alkyl halides is 3. The molecule has 0 aliphatic carbocycles. The predicted molar refractivity (Wildman–Crippen MR) is 60.6 cm³/mol. The molecule has 2 aromatic rings. The molecule has 0 saturated heterocycles. The molecule has 19 heavy (non-hydrogen) atoms. The van der Waals surface area contributed by atoms with E-state index in [1.54, 1.807) is 12.1 Å². The minimum absolute atomic E-state index is 0.0533. The molecule has 0 atom stereocenters. The number of nitrogens with zero attached hydrogens (tertiary/aromatic N) is 1. The normalized spacial score (nSPS) is 11.5. The summed E-state index contributed by atoms with van der Waals surface area (Å²) < 4.78 is 43.2. The lowest BCUT2D eigenvalue weighted by Gasteiger charge is -2.10. The van der Waals surface area contributed by atoms with Gasteiger partial charge in [-0.2, -0.15) is 13.2 Å². The van der Waals surface area contributed by atoms with Gasteiger partial charge in [0.05, 0.1) is 11.8 Å². The Hall–Kier alpha value is -2.11. The van der Waals surface area contributed by atoms with Gasteiger partial charge in [0.25, 0.3) is 0 Å². The number of pyridine rings is 1. The third-order valence-corrected chi connectivity index (χ3v) is 2.61. The number of halogens is 3. The lowest BCUT2D eigenvalue weighted by Crippen LogP contribution is -2.14. The van der Waals surface area contributed by atoms with Gasteiger partial charge in [-0.25, -0.2) is 0 Å². The standard InChI is InChI=1S/C13H10F3NO2/c14-13(15,16)11-5-6-17-8-10(11)12(18)4-3-9-2-1-7-19-9/h1-2,5-8H,3-4H2. The molecule has 0 radical (unpaired) electrons. The number of rotatable bonds is 4. The van der Waals surface area contributed by atoms with Crippen molar-refractivity contribution in [1.82, 2.24) is 4.98 Å². The molecule has 0 fully saturated rings. The highest BCUT2D eigenvalue weighted by Crippen LogP contribution is 2.32. The van der Waals surface area contributed by atoms with Gasteiger partial charge >= 0.3 is 6.18 Å². The first-order valence-electron chi connectivity index (χ1n) is 5.55. The molecule has 2 rings (SSSR count). The van der Waals surface area contributed by atoms with Gasteiger partial charge < -0.3 is 4.42 Å². The van der Waals surface area contributed by atoms with Crippen LogP contribution in [-0.4, -0.2) is 10.8 Å². The predicted octanol–water partition coefficient (Wildman–Crippen LogP) is 3.51. The Morgan fingerprint density at radius 3 is 2.74 bits per heavy atom. The van der Waals surface area contributed by atoms with E-state index in [-0.39, 0.29) is 12.8 Å². The van der Waals surface area contributed by atoms with Crippen LogP contribution >= 0.6 is 0 Å². The van der Waals surface area contributed by atoms with Crippen LogP contribution in [0.1, 0.15) is 28.1 Å². The van der Waals surface area contributed by atoms with Crippen LogP contribution in [0, 0.1) is 0 Å². The summed E-state index contributed by atoms with van der Waals surface area (Å²) in [5.74, 6) is -0.0392. The Morgan fingerprint density at radius 1 is 1.32 bits per heavy atom. The number of aryl methyl sites for hydroxylation is 1. The summed E-state index contributed by atoms with van der Waals surface area (Å²) in [5, 5.41) is 0. The highest BCUT2D eigenvalue weighted by molar-refractivity contribution is 5.97. The Bertz CT molecular complexity index is 562. The molecule has 0 aliphatic heterocycles.